The molecule has 2 aromatic rings. The SMILES string of the molecule is COCCc1ccc(C#Cc2ccc(S(=O)(=O)NC3CCC(C=O)CC3)cc2N)cc1. The van der Waals surface area contributed by atoms with Crippen molar-refractivity contribution in [3.63, 3.8) is 0 Å². The minimum Gasteiger partial charge on any atom is -0.398 e. The highest BCUT2D eigenvalue weighted by atomic mass is 32.2. The average Bonchev–Trinajstić information content (AvgIpc) is 2.78. The number of anilines is 1. The van der Waals surface area contributed by atoms with Crippen LogP contribution in [0, 0.1) is 17.8 Å². The number of nitrogens with two attached hydrogens (primary N) is 1. The van der Waals surface area contributed by atoms with Gasteiger partial charge in [-0.25, -0.2) is 13.1 Å². The Hall–Kier alpha value is -2.66. The summed E-state index contributed by atoms with van der Waals surface area (Å²) in [5.74, 6) is 6.12. The molecule has 1 aliphatic carbocycles. The molecule has 3 rings (SSSR count). The van der Waals surface area contributed by atoms with E-state index in [9.17, 15) is 13.2 Å². The fourth-order valence-corrected chi connectivity index (χ4v) is 4.94. The topological polar surface area (TPSA) is 98.5 Å². The number of benzene rings is 2. The van der Waals surface area contributed by atoms with E-state index in [0.29, 0.717) is 43.5 Å². The Morgan fingerprint density at radius 1 is 1.10 bits per heavy atom. The van der Waals surface area contributed by atoms with Gasteiger partial charge in [-0.1, -0.05) is 24.0 Å². The van der Waals surface area contributed by atoms with E-state index in [0.717, 1.165) is 18.3 Å². The minimum absolute atomic E-state index is 0.0378. The highest BCUT2D eigenvalue weighted by Crippen LogP contribution is 2.25. The number of nitrogens with one attached hydrogen (secondary N) is 1. The maximum Gasteiger partial charge on any atom is 0.240 e. The standard InChI is InChI=1S/C24H28N2O4S/c1-30-15-14-19-4-2-18(3-5-19)6-9-21-10-13-23(16-24(21)25)31(28,29)26-22-11-7-20(17-27)8-12-22/h2-5,10,13,16-17,20,22,26H,7-8,11-12,14-15,25H2,1H3. The number of carbonyl (C=O) groups excluding carboxylic acids is 1. The van der Waals surface area contributed by atoms with Gasteiger partial charge in [0.2, 0.25) is 10.0 Å². The van der Waals surface area contributed by atoms with Gasteiger partial charge in [-0.15, -0.1) is 0 Å². The van der Waals surface area contributed by atoms with Gasteiger partial charge >= 0.3 is 0 Å². The fourth-order valence-electron chi connectivity index (χ4n) is 3.60. The van der Waals surface area contributed by atoms with Gasteiger partial charge in [0.25, 0.3) is 0 Å². The molecule has 0 unspecified atom stereocenters. The van der Waals surface area contributed by atoms with Crippen molar-refractivity contribution in [2.45, 2.75) is 43.0 Å². The quantitative estimate of drug-likeness (QED) is 0.392. The van der Waals surface area contributed by atoms with Crippen molar-refractivity contribution in [3.8, 4) is 11.8 Å². The molecule has 0 radical (unpaired) electrons. The van der Waals surface area contributed by atoms with Gasteiger partial charge in [0.15, 0.2) is 0 Å². The van der Waals surface area contributed by atoms with Crippen LogP contribution in [0.15, 0.2) is 47.4 Å². The van der Waals surface area contributed by atoms with E-state index < -0.39 is 10.0 Å². The molecule has 1 aliphatic rings. The maximum absolute atomic E-state index is 12.7. The van der Waals surface area contributed by atoms with Crippen molar-refractivity contribution in [2.24, 2.45) is 5.92 Å². The van der Waals surface area contributed by atoms with Crippen LogP contribution >= 0.6 is 0 Å². The van der Waals surface area contributed by atoms with E-state index >= 15 is 0 Å². The molecule has 0 bridgehead atoms. The molecule has 6 nitrogen and oxygen atoms in total. The number of carbonyl (C=O) groups is 1. The Morgan fingerprint density at radius 3 is 2.42 bits per heavy atom. The summed E-state index contributed by atoms with van der Waals surface area (Å²) in [6, 6.07) is 12.3. The summed E-state index contributed by atoms with van der Waals surface area (Å²) >= 11 is 0. The van der Waals surface area contributed by atoms with Crippen LogP contribution < -0.4 is 10.5 Å². The third-order valence-corrected chi connectivity index (χ3v) is 7.03. The van der Waals surface area contributed by atoms with Crippen LogP contribution in [-0.4, -0.2) is 34.5 Å². The van der Waals surface area contributed by atoms with Crippen LogP contribution in [-0.2, 0) is 26.0 Å². The highest BCUT2D eigenvalue weighted by Gasteiger charge is 2.25. The molecule has 0 spiro atoms. The van der Waals surface area contributed by atoms with E-state index in [1.54, 1.807) is 13.2 Å². The fraction of sp³-hybridized carbons (Fsp3) is 0.375. The predicted molar refractivity (Wildman–Crippen MR) is 121 cm³/mol. The predicted octanol–water partition coefficient (Wildman–Crippen LogP) is 2.89. The summed E-state index contributed by atoms with van der Waals surface area (Å²) in [4.78, 5) is 11.0. The molecule has 0 aliphatic heterocycles. The third kappa shape index (κ3) is 6.41. The monoisotopic (exact) mass is 440 g/mol. The molecule has 0 aromatic heterocycles. The lowest BCUT2D eigenvalue weighted by atomic mass is 9.87. The van der Waals surface area contributed by atoms with Crippen LogP contribution in [0.1, 0.15) is 42.4 Å². The summed E-state index contributed by atoms with van der Waals surface area (Å²) in [5, 5.41) is 0. The third-order valence-electron chi connectivity index (χ3n) is 5.51. The molecule has 31 heavy (non-hydrogen) atoms. The van der Waals surface area contributed by atoms with E-state index in [1.807, 2.05) is 24.3 Å². The Kier molecular flexibility index (Phi) is 7.85. The number of ether oxygens (including phenoxy) is 1. The van der Waals surface area contributed by atoms with Gasteiger partial charge in [0.05, 0.1) is 11.5 Å². The first-order valence-electron chi connectivity index (χ1n) is 10.4. The van der Waals surface area contributed by atoms with Crippen molar-refractivity contribution in [1.29, 1.82) is 0 Å². The number of sulfonamides is 1. The second-order valence-electron chi connectivity index (χ2n) is 7.81. The molecule has 0 heterocycles. The first-order chi connectivity index (χ1) is 14.9. The zero-order valence-electron chi connectivity index (χ0n) is 17.6. The van der Waals surface area contributed by atoms with Crippen LogP contribution in [0.25, 0.3) is 0 Å². The minimum atomic E-state index is -3.68. The summed E-state index contributed by atoms with van der Waals surface area (Å²) in [6.45, 7) is 0.672. The average molecular weight is 441 g/mol. The van der Waals surface area contributed by atoms with Crippen LogP contribution in [0.4, 0.5) is 5.69 Å². The second-order valence-corrected chi connectivity index (χ2v) is 9.52. The maximum atomic E-state index is 12.7. The summed E-state index contributed by atoms with van der Waals surface area (Å²) in [7, 11) is -2.00. The van der Waals surface area contributed by atoms with Crippen LogP contribution in [0.5, 0.6) is 0 Å². The molecule has 3 N–H and O–H groups in total. The molecular weight excluding hydrogens is 412 g/mol. The van der Waals surface area contributed by atoms with Gasteiger partial charge in [-0.3, -0.25) is 0 Å². The normalized spacial score (nSPS) is 18.7. The molecule has 0 amide bonds. The van der Waals surface area contributed by atoms with E-state index in [4.69, 9.17) is 10.5 Å². The largest absolute Gasteiger partial charge is 0.398 e. The molecule has 164 valence electrons. The number of methoxy groups -OCH3 is 1. The first kappa shape index (κ1) is 23.0. The van der Waals surface area contributed by atoms with Crippen molar-refractivity contribution >= 4 is 22.0 Å². The van der Waals surface area contributed by atoms with Gasteiger partial charge in [-0.05, 0) is 68.0 Å². The van der Waals surface area contributed by atoms with Gasteiger partial charge in [-0.2, -0.15) is 0 Å². The lowest BCUT2D eigenvalue weighted by Gasteiger charge is -2.26. The van der Waals surface area contributed by atoms with Gasteiger partial charge in [0, 0.05) is 35.9 Å². The smallest absolute Gasteiger partial charge is 0.240 e. The molecule has 7 heteroatoms. The van der Waals surface area contributed by atoms with E-state index in [2.05, 4.69) is 16.6 Å². The molecule has 1 fully saturated rings. The molecule has 0 saturated heterocycles. The van der Waals surface area contributed by atoms with Crippen LogP contribution in [0.2, 0.25) is 0 Å². The molecule has 1 saturated carbocycles. The molecular formula is C24H28N2O4S. The van der Waals surface area contributed by atoms with Crippen LogP contribution in [0.3, 0.4) is 0 Å². The number of nitrogen functional groups attached to an aromatic ring is 1. The Balaban J connectivity index is 1.67. The highest BCUT2D eigenvalue weighted by molar-refractivity contribution is 7.89. The van der Waals surface area contributed by atoms with Crippen molar-refractivity contribution in [3.05, 3.63) is 59.2 Å². The Labute approximate surface area is 184 Å². The van der Waals surface area contributed by atoms with Crippen molar-refractivity contribution in [1.82, 2.24) is 4.72 Å². The van der Waals surface area contributed by atoms with Gasteiger partial charge < -0.3 is 15.3 Å². The van der Waals surface area contributed by atoms with E-state index in [1.165, 1.54) is 17.7 Å². The number of rotatable bonds is 7. The van der Waals surface area contributed by atoms with Gasteiger partial charge in [0.1, 0.15) is 6.29 Å². The van der Waals surface area contributed by atoms with Crippen molar-refractivity contribution in [2.75, 3.05) is 19.5 Å². The molecule has 0 atom stereocenters. The first-order valence-corrected chi connectivity index (χ1v) is 11.9. The zero-order chi connectivity index (χ0) is 22.3. The summed E-state index contributed by atoms with van der Waals surface area (Å²) < 4.78 is 33.3. The second kappa shape index (κ2) is 10.6. The Morgan fingerprint density at radius 2 is 1.81 bits per heavy atom. The zero-order valence-corrected chi connectivity index (χ0v) is 18.5. The number of hydrogen-bond donors (Lipinski definition) is 2. The molecule has 2 aromatic carbocycles. The number of aldehydes is 1. The summed E-state index contributed by atoms with van der Waals surface area (Å²) in [5.41, 5.74) is 9.00. The lowest BCUT2D eigenvalue weighted by molar-refractivity contribution is -0.111. The lowest BCUT2D eigenvalue weighted by Crippen LogP contribution is -2.37. The summed E-state index contributed by atoms with van der Waals surface area (Å²) in [6.07, 6.45) is 4.54. The Bertz CT molecular complexity index is 1060. The van der Waals surface area contributed by atoms with Crippen molar-refractivity contribution < 1.29 is 17.9 Å². The number of hydrogen-bond acceptors (Lipinski definition) is 5. The van der Waals surface area contributed by atoms with E-state index in [-0.39, 0.29) is 16.9 Å².